The molecule has 1 N–H and O–H groups in total. The number of nitrogens with one attached hydrogen (secondary N) is 1. The van der Waals surface area contributed by atoms with E-state index in [1.54, 1.807) is 37.4 Å². The molecular formula is C23H23NO4. The van der Waals surface area contributed by atoms with Crippen molar-refractivity contribution in [2.45, 2.75) is 13.5 Å². The Morgan fingerprint density at radius 3 is 2.39 bits per heavy atom. The first kappa shape index (κ1) is 19.3. The molecule has 0 heterocycles. The molecule has 1 amide bonds. The van der Waals surface area contributed by atoms with Crippen LogP contribution < -0.4 is 19.5 Å². The summed E-state index contributed by atoms with van der Waals surface area (Å²) in [5.74, 6) is 1.84. The molecule has 3 rings (SSSR count). The van der Waals surface area contributed by atoms with E-state index in [1.807, 2.05) is 49.4 Å². The number of hydrogen-bond donors (Lipinski definition) is 1. The van der Waals surface area contributed by atoms with Crippen molar-refractivity contribution in [1.29, 1.82) is 0 Å². The molecule has 0 aliphatic rings. The van der Waals surface area contributed by atoms with Gasteiger partial charge in [0.15, 0.2) is 0 Å². The number of para-hydroxylation sites is 3. The largest absolute Gasteiger partial charge is 0.495 e. The van der Waals surface area contributed by atoms with Gasteiger partial charge in [-0.05, 0) is 49.4 Å². The second kappa shape index (κ2) is 9.46. The Balaban J connectivity index is 1.80. The van der Waals surface area contributed by atoms with Crippen molar-refractivity contribution in [3.05, 3.63) is 83.9 Å². The number of methoxy groups -OCH3 is 1. The maximum Gasteiger partial charge on any atom is 0.255 e. The van der Waals surface area contributed by atoms with Crippen molar-refractivity contribution in [2.24, 2.45) is 0 Å². The predicted octanol–water partition coefficient (Wildman–Crippen LogP) is 4.93. The molecule has 0 spiro atoms. The summed E-state index contributed by atoms with van der Waals surface area (Å²) < 4.78 is 16.8. The predicted molar refractivity (Wildman–Crippen MR) is 109 cm³/mol. The van der Waals surface area contributed by atoms with Gasteiger partial charge in [0.25, 0.3) is 5.91 Å². The van der Waals surface area contributed by atoms with Gasteiger partial charge in [-0.2, -0.15) is 0 Å². The molecule has 0 aliphatic carbocycles. The van der Waals surface area contributed by atoms with E-state index in [4.69, 9.17) is 14.2 Å². The lowest BCUT2D eigenvalue weighted by Crippen LogP contribution is -2.13. The second-order valence-corrected chi connectivity index (χ2v) is 6.01. The monoisotopic (exact) mass is 377 g/mol. The Morgan fingerprint density at radius 1 is 0.893 bits per heavy atom. The molecule has 3 aromatic carbocycles. The van der Waals surface area contributed by atoms with E-state index >= 15 is 0 Å². The summed E-state index contributed by atoms with van der Waals surface area (Å²) in [7, 11) is 1.57. The van der Waals surface area contributed by atoms with Gasteiger partial charge in [0.2, 0.25) is 0 Å². The van der Waals surface area contributed by atoms with Crippen molar-refractivity contribution >= 4 is 11.6 Å². The number of anilines is 1. The topological polar surface area (TPSA) is 56.8 Å². The summed E-state index contributed by atoms with van der Waals surface area (Å²) in [6.07, 6.45) is 0. The summed E-state index contributed by atoms with van der Waals surface area (Å²) in [6, 6.07) is 22.1. The van der Waals surface area contributed by atoms with Crippen LogP contribution in [0.1, 0.15) is 22.8 Å². The van der Waals surface area contributed by atoms with Gasteiger partial charge >= 0.3 is 0 Å². The van der Waals surface area contributed by atoms with E-state index in [0.717, 1.165) is 11.3 Å². The maximum atomic E-state index is 12.7. The zero-order chi connectivity index (χ0) is 19.8. The first-order chi connectivity index (χ1) is 13.7. The molecular weight excluding hydrogens is 354 g/mol. The zero-order valence-corrected chi connectivity index (χ0v) is 16.0. The first-order valence-corrected chi connectivity index (χ1v) is 9.09. The molecule has 3 aromatic rings. The van der Waals surface area contributed by atoms with Gasteiger partial charge in [0.1, 0.15) is 23.9 Å². The number of hydrogen-bond acceptors (Lipinski definition) is 4. The molecule has 0 aliphatic heterocycles. The highest BCUT2D eigenvalue weighted by molar-refractivity contribution is 6.05. The molecule has 0 unspecified atom stereocenters. The molecule has 5 nitrogen and oxygen atoms in total. The van der Waals surface area contributed by atoms with E-state index in [-0.39, 0.29) is 5.91 Å². The van der Waals surface area contributed by atoms with Crippen LogP contribution in [0.15, 0.2) is 72.8 Å². The number of carbonyl (C=O) groups excluding carboxylic acids is 1. The van der Waals surface area contributed by atoms with Crippen LogP contribution in [-0.2, 0) is 6.61 Å². The lowest BCUT2D eigenvalue weighted by Gasteiger charge is -2.14. The fourth-order valence-electron chi connectivity index (χ4n) is 2.75. The van der Waals surface area contributed by atoms with Gasteiger partial charge in [-0.1, -0.05) is 30.3 Å². The Bertz CT molecular complexity index is 925. The molecule has 28 heavy (non-hydrogen) atoms. The normalized spacial score (nSPS) is 10.2. The average Bonchev–Trinajstić information content (AvgIpc) is 2.74. The van der Waals surface area contributed by atoms with Crippen molar-refractivity contribution < 1.29 is 19.0 Å². The third-order valence-corrected chi connectivity index (χ3v) is 4.12. The maximum absolute atomic E-state index is 12.7. The van der Waals surface area contributed by atoms with Crippen LogP contribution in [0.4, 0.5) is 5.69 Å². The van der Waals surface area contributed by atoms with Gasteiger partial charge in [-0.15, -0.1) is 0 Å². The zero-order valence-electron chi connectivity index (χ0n) is 16.0. The third kappa shape index (κ3) is 4.82. The van der Waals surface area contributed by atoms with Crippen LogP contribution in [0.25, 0.3) is 0 Å². The van der Waals surface area contributed by atoms with Gasteiger partial charge in [0.05, 0.1) is 19.4 Å². The second-order valence-electron chi connectivity index (χ2n) is 6.01. The Hall–Kier alpha value is -3.47. The highest BCUT2D eigenvalue weighted by Crippen LogP contribution is 2.26. The third-order valence-electron chi connectivity index (χ3n) is 4.12. The minimum Gasteiger partial charge on any atom is -0.495 e. The van der Waals surface area contributed by atoms with Crippen LogP contribution in [0.3, 0.4) is 0 Å². The fraction of sp³-hybridized carbons (Fsp3) is 0.174. The SMILES string of the molecule is CCOc1ccc(C(=O)Nc2ccccc2OC)cc1COc1ccccc1. The van der Waals surface area contributed by atoms with Crippen LogP contribution >= 0.6 is 0 Å². The summed E-state index contributed by atoms with van der Waals surface area (Å²) in [5, 5.41) is 2.88. The van der Waals surface area contributed by atoms with Crippen molar-refractivity contribution in [1.82, 2.24) is 0 Å². The van der Waals surface area contributed by atoms with Gasteiger partial charge in [-0.3, -0.25) is 4.79 Å². The van der Waals surface area contributed by atoms with Gasteiger partial charge in [-0.25, -0.2) is 0 Å². The van der Waals surface area contributed by atoms with Crippen LogP contribution in [0, 0.1) is 0 Å². The quantitative estimate of drug-likeness (QED) is 0.605. The fourth-order valence-corrected chi connectivity index (χ4v) is 2.75. The molecule has 0 fully saturated rings. The van der Waals surface area contributed by atoms with Crippen molar-refractivity contribution in [3.63, 3.8) is 0 Å². The van der Waals surface area contributed by atoms with E-state index in [2.05, 4.69) is 5.32 Å². The molecule has 0 saturated heterocycles. The number of benzene rings is 3. The molecule has 5 heteroatoms. The number of rotatable bonds is 8. The highest BCUT2D eigenvalue weighted by Gasteiger charge is 2.13. The minimum absolute atomic E-state index is 0.228. The van der Waals surface area contributed by atoms with Crippen molar-refractivity contribution in [2.75, 3.05) is 19.0 Å². The van der Waals surface area contributed by atoms with E-state index in [0.29, 0.717) is 36.0 Å². The van der Waals surface area contributed by atoms with Crippen LogP contribution in [-0.4, -0.2) is 19.6 Å². The molecule has 0 aromatic heterocycles. The van der Waals surface area contributed by atoms with Crippen LogP contribution in [0.5, 0.6) is 17.2 Å². The first-order valence-electron chi connectivity index (χ1n) is 9.09. The lowest BCUT2D eigenvalue weighted by atomic mass is 10.1. The number of ether oxygens (including phenoxy) is 3. The molecule has 0 bridgehead atoms. The number of carbonyl (C=O) groups is 1. The molecule has 0 saturated carbocycles. The summed E-state index contributed by atoms with van der Waals surface area (Å²) in [6.45, 7) is 2.75. The minimum atomic E-state index is -0.228. The molecule has 0 radical (unpaired) electrons. The van der Waals surface area contributed by atoms with Gasteiger partial charge in [0, 0.05) is 11.1 Å². The molecule has 0 atom stereocenters. The Morgan fingerprint density at radius 2 is 1.64 bits per heavy atom. The van der Waals surface area contributed by atoms with E-state index in [9.17, 15) is 4.79 Å². The average molecular weight is 377 g/mol. The van der Waals surface area contributed by atoms with Crippen molar-refractivity contribution in [3.8, 4) is 17.2 Å². The summed E-state index contributed by atoms with van der Waals surface area (Å²) >= 11 is 0. The Labute approximate surface area is 164 Å². The highest BCUT2D eigenvalue weighted by atomic mass is 16.5. The number of amides is 1. The van der Waals surface area contributed by atoms with E-state index < -0.39 is 0 Å². The Kier molecular flexibility index (Phi) is 6.52. The molecule has 144 valence electrons. The summed E-state index contributed by atoms with van der Waals surface area (Å²) in [5.41, 5.74) is 1.94. The summed E-state index contributed by atoms with van der Waals surface area (Å²) in [4.78, 5) is 12.7. The van der Waals surface area contributed by atoms with Crippen LogP contribution in [0.2, 0.25) is 0 Å². The van der Waals surface area contributed by atoms with Gasteiger partial charge < -0.3 is 19.5 Å². The smallest absolute Gasteiger partial charge is 0.255 e. The standard InChI is InChI=1S/C23H23NO4/c1-3-27-21-14-13-17(15-18(21)16-28-19-9-5-4-6-10-19)23(25)24-20-11-7-8-12-22(20)26-2/h4-15H,3,16H2,1-2H3,(H,24,25). The lowest BCUT2D eigenvalue weighted by molar-refractivity contribution is 0.102. The van der Waals surface area contributed by atoms with E-state index in [1.165, 1.54) is 0 Å².